The molecule has 0 bridgehead atoms. The van der Waals surface area contributed by atoms with Crippen molar-refractivity contribution in [1.82, 2.24) is 0 Å². The third kappa shape index (κ3) is 2.56. The van der Waals surface area contributed by atoms with Crippen LogP contribution in [-0.4, -0.2) is 11.0 Å². The van der Waals surface area contributed by atoms with Gasteiger partial charge in [0.2, 0.25) is 0 Å². The molecule has 0 unspecified atom stereocenters. The standard InChI is InChI=1S/C16H13N3O2/c17-10-13-5-6-14(9-16(13)19(20)21)18-15-7-11-3-1-2-4-12(11)8-15/h1-6,9,15,18H,7-8H2. The number of nitrogens with zero attached hydrogens (tertiary/aromatic N) is 2. The summed E-state index contributed by atoms with van der Waals surface area (Å²) in [5, 5.41) is 23.2. The van der Waals surface area contributed by atoms with Crippen LogP contribution in [0.15, 0.2) is 42.5 Å². The fourth-order valence-corrected chi connectivity index (χ4v) is 2.76. The van der Waals surface area contributed by atoms with Gasteiger partial charge < -0.3 is 5.32 Å². The van der Waals surface area contributed by atoms with E-state index >= 15 is 0 Å². The Hall–Kier alpha value is -2.87. The minimum Gasteiger partial charge on any atom is -0.381 e. The molecule has 0 amide bonds. The smallest absolute Gasteiger partial charge is 0.289 e. The second-order valence-corrected chi connectivity index (χ2v) is 5.12. The molecule has 1 aliphatic carbocycles. The van der Waals surface area contributed by atoms with Crippen LogP contribution in [0.25, 0.3) is 0 Å². The van der Waals surface area contributed by atoms with Crippen molar-refractivity contribution in [1.29, 1.82) is 5.26 Å². The predicted molar refractivity (Wildman–Crippen MR) is 79.1 cm³/mol. The van der Waals surface area contributed by atoms with Gasteiger partial charge in [0.25, 0.3) is 5.69 Å². The van der Waals surface area contributed by atoms with Crippen LogP contribution in [0.3, 0.4) is 0 Å². The first kappa shape index (κ1) is 13.1. The van der Waals surface area contributed by atoms with Gasteiger partial charge in [0.15, 0.2) is 0 Å². The molecular weight excluding hydrogens is 266 g/mol. The molecule has 2 aromatic carbocycles. The number of benzene rings is 2. The van der Waals surface area contributed by atoms with Crippen molar-refractivity contribution in [3.63, 3.8) is 0 Å². The molecule has 5 nitrogen and oxygen atoms in total. The van der Waals surface area contributed by atoms with Crippen molar-refractivity contribution in [3.8, 4) is 6.07 Å². The molecule has 21 heavy (non-hydrogen) atoms. The number of nitro groups is 1. The molecule has 1 aliphatic rings. The second-order valence-electron chi connectivity index (χ2n) is 5.12. The Bertz CT molecular complexity index is 724. The number of anilines is 1. The van der Waals surface area contributed by atoms with E-state index in [2.05, 4.69) is 17.4 Å². The first-order valence-corrected chi connectivity index (χ1v) is 6.69. The van der Waals surface area contributed by atoms with Gasteiger partial charge in [-0.3, -0.25) is 10.1 Å². The second kappa shape index (κ2) is 5.25. The van der Waals surface area contributed by atoms with Crippen molar-refractivity contribution in [2.45, 2.75) is 18.9 Å². The average Bonchev–Trinajstić information content (AvgIpc) is 2.89. The van der Waals surface area contributed by atoms with E-state index in [0.29, 0.717) is 5.69 Å². The largest absolute Gasteiger partial charge is 0.381 e. The summed E-state index contributed by atoms with van der Waals surface area (Å²) in [6.45, 7) is 0. The Morgan fingerprint density at radius 2 is 1.86 bits per heavy atom. The Balaban J connectivity index is 1.80. The zero-order valence-electron chi connectivity index (χ0n) is 11.2. The summed E-state index contributed by atoms with van der Waals surface area (Å²) in [5.41, 5.74) is 3.24. The van der Waals surface area contributed by atoms with Crippen molar-refractivity contribution in [2.24, 2.45) is 0 Å². The number of fused-ring (bicyclic) bond motifs is 1. The summed E-state index contributed by atoms with van der Waals surface area (Å²) in [6, 6.07) is 15.0. The molecule has 0 spiro atoms. The van der Waals surface area contributed by atoms with Crippen molar-refractivity contribution in [2.75, 3.05) is 5.32 Å². The average molecular weight is 279 g/mol. The SMILES string of the molecule is N#Cc1ccc(NC2Cc3ccccc3C2)cc1[N+](=O)[O-]. The zero-order valence-corrected chi connectivity index (χ0v) is 11.2. The third-order valence-corrected chi connectivity index (χ3v) is 3.74. The highest BCUT2D eigenvalue weighted by molar-refractivity contribution is 5.59. The summed E-state index contributed by atoms with van der Waals surface area (Å²) in [4.78, 5) is 10.5. The number of rotatable bonds is 3. The van der Waals surface area contributed by atoms with E-state index in [1.54, 1.807) is 6.07 Å². The highest BCUT2D eigenvalue weighted by atomic mass is 16.6. The van der Waals surface area contributed by atoms with Crippen molar-refractivity contribution < 1.29 is 4.92 Å². The van der Waals surface area contributed by atoms with Gasteiger partial charge in [0, 0.05) is 17.8 Å². The molecule has 0 aromatic heterocycles. The van der Waals surface area contributed by atoms with E-state index in [9.17, 15) is 10.1 Å². The summed E-state index contributed by atoms with van der Waals surface area (Å²) >= 11 is 0. The summed E-state index contributed by atoms with van der Waals surface area (Å²) in [5.74, 6) is 0. The molecule has 0 saturated heterocycles. The molecule has 0 atom stereocenters. The van der Waals surface area contributed by atoms with Crippen LogP contribution in [0, 0.1) is 21.4 Å². The van der Waals surface area contributed by atoms with Crippen LogP contribution >= 0.6 is 0 Å². The van der Waals surface area contributed by atoms with Crippen molar-refractivity contribution >= 4 is 11.4 Å². The van der Waals surface area contributed by atoms with Crippen LogP contribution in [0.2, 0.25) is 0 Å². The molecule has 0 radical (unpaired) electrons. The highest BCUT2D eigenvalue weighted by Gasteiger charge is 2.22. The number of nitriles is 1. The van der Waals surface area contributed by atoms with Gasteiger partial charge in [-0.1, -0.05) is 24.3 Å². The number of nitro benzene ring substituents is 1. The van der Waals surface area contributed by atoms with E-state index < -0.39 is 4.92 Å². The van der Waals surface area contributed by atoms with E-state index in [0.717, 1.165) is 12.8 Å². The Morgan fingerprint density at radius 3 is 2.43 bits per heavy atom. The lowest BCUT2D eigenvalue weighted by Gasteiger charge is -2.13. The van der Waals surface area contributed by atoms with Gasteiger partial charge >= 0.3 is 0 Å². The van der Waals surface area contributed by atoms with Gasteiger partial charge in [-0.25, -0.2) is 0 Å². The Kier molecular flexibility index (Phi) is 3.28. The molecule has 104 valence electrons. The minimum atomic E-state index is -0.521. The molecule has 0 saturated carbocycles. The first-order chi connectivity index (χ1) is 10.2. The first-order valence-electron chi connectivity index (χ1n) is 6.69. The van der Waals surface area contributed by atoms with Crippen LogP contribution < -0.4 is 5.32 Å². The van der Waals surface area contributed by atoms with Crippen LogP contribution in [0.1, 0.15) is 16.7 Å². The summed E-state index contributed by atoms with van der Waals surface area (Å²) in [6.07, 6.45) is 1.81. The maximum absolute atomic E-state index is 11.0. The number of nitrogens with one attached hydrogen (secondary N) is 1. The Labute approximate surface area is 122 Å². The molecule has 0 fully saturated rings. The quantitative estimate of drug-likeness (QED) is 0.691. The van der Waals surface area contributed by atoms with Crippen LogP contribution in [0.4, 0.5) is 11.4 Å². The van der Waals surface area contributed by atoms with Gasteiger partial charge in [-0.15, -0.1) is 0 Å². The fraction of sp³-hybridized carbons (Fsp3) is 0.188. The zero-order chi connectivity index (χ0) is 14.8. The monoisotopic (exact) mass is 279 g/mol. The normalized spacial score (nSPS) is 13.5. The molecule has 3 rings (SSSR count). The van der Waals surface area contributed by atoms with Gasteiger partial charge in [-0.2, -0.15) is 5.26 Å². The lowest BCUT2D eigenvalue weighted by atomic mass is 10.1. The predicted octanol–water partition coefficient (Wildman–Crippen LogP) is 3.05. The molecule has 0 aliphatic heterocycles. The maximum Gasteiger partial charge on any atom is 0.289 e. The molecular formula is C16H13N3O2. The van der Waals surface area contributed by atoms with E-state index in [4.69, 9.17) is 5.26 Å². The van der Waals surface area contributed by atoms with Gasteiger partial charge in [-0.05, 0) is 36.1 Å². The van der Waals surface area contributed by atoms with E-state index in [1.807, 2.05) is 18.2 Å². The Morgan fingerprint density at radius 1 is 1.19 bits per heavy atom. The molecule has 1 N–H and O–H groups in total. The minimum absolute atomic E-state index is 0.0836. The lowest BCUT2D eigenvalue weighted by Crippen LogP contribution is -2.19. The number of hydrogen-bond acceptors (Lipinski definition) is 4. The van der Waals surface area contributed by atoms with Crippen LogP contribution in [-0.2, 0) is 12.8 Å². The van der Waals surface area contributed by atoms with E-state index in [-0.39, 0.29) is 17.3 Å². The maximum atomic E-state index is 11.0. The van der Waals surface area contributed by atoms with Gasteiger partial charge in [0.1, 0.15) is 11.6 Å². The van der Waals surface area contributed by atoms with Crippen molar-refractivity contribution in [3.05, 3.63) is 69.3 Å². The van der Waals surface area contributed by atoms with Gasteiger partial charge in [0.05, 0.1) is 4.92 Å². The third-order valence-electron chi connectivity index (χ3n) is 3.74. The summed E-state index contributed by atoms with van der Waals surface area (Å²) < 4.78 is 0. The molecule has 5 heteroatoms. The molecule has 2 aromatic rings. The highest BCUT2D eigenvalue weighted by Crippen LogP contribution is 2.27. The lowest BCUT2D eigenvalue weighted by molar-refractivity contribution is -0.385. The van der Waals surface area contributed by atoms with Crippen LogP contribution in [0.5, 0.6) is 0 Å². The topological polar surface area (TPSA) is 79.0 Å². The fourth-order valence-electron chi connectivity index (χ4n) is 2.76. The van der Waals surface area contributed by atoms with E-state index in [1.165, 1.54) is 23.3 Å². The summed E-state index contributed by atoms with van der Waals surface area (Å²) in [7, 11) is 0. The molecule has 0 heterocycles. The number of hydrogen-bond donors (Lipinski definition) is 1.